The molecule has 0 aromatic heterocycles. The van der Waals surface area contributed by atoms with Gasteiger partial charge in [-0.1, -0.05) is 24.6 Å². The Balaban J connectivity index is 1.76. The molecular weight excluding hydrogens is 254 g/mol. The number of benzene rings is 1. The van der Waals surface area contributed by atoms with Gasteiger partial charge < -0.3 is 4.74 Å². The highest BCUT2D eigenvalue weighted by Crippen LogP contribution is 2.43. The van der Waals surface area contributed by atoms with E-state index in [1.54, 1.807) is 0 Å². The molecule has 1 aromatic rings. The van der Waals surface area contributed by atoms with E-state index in [9.17, 15) is 0 Å². The first-order chi connectivity index (χ1) is 9.21. The molecule has 1 aromatic carbocycles. The number of rotatable bonds is 3. The third kappa shape index (κ3) is 2.77. The summed E-state index contributed by atoms with van der Waals surface area (Å²) < 4.78 is 6.55. The SMILES string of the molecule is CSC1(CN2Cc3ccccc3OC(C)C2)CCC1. The molecule has 19 heavy (non-hydrogen) atoms. The fourth-order valence-corrected chi connectivity index (χ4v) is 4.21. The third-order valence-corrected chi connectivity index (χ3v) is 5.82. The van der Waals surface area contributed by atoms with Gasteiger partial charge in [-0.05, 0) is 32.1 Å². The van der Waals surface area contributed by atoms with E-state index in [0.29, 0.717) is 4.75 Å². The van der Waals surface area contributed by atoms with Crippen molar-refractivity contribution < 1.29 is 4.74 Å². The lowest BCUT2D eigenvalue weighted by Gasteiger charge is -2.44. The molecule has 1 heterocycles. The van der Waals surface area contributed by atoms with E-state index < -0.39 is 0 Å². The van der Waals surface area contributed by atoms with Crippen molar-refractivity contribution >= 4 is 11.8 Å². The van der Waals surface area contributed by atoms with E-state index >= 15 is 0 Å². The molecule has 104 valence electrons. The smallest absolute Gasteiger partial charge is 0.124 e. The number of fused-ring (bicyclic) bond motifs is 1. The lowest BCUT2D eigenvalue weighted by atomic mass is 9.83. The predicted molar refractivity (Wildman–Crippen MR) is 81.9 cm³/mol. The minimum atomic E-state index is 0.280. The van der Waals surface area contributed by atoms with Crippen molar-refractivity contribution in [1.82, 2.24) is 4.90 Å². The summed E-state index contributed by atoms with van der Waals surface area (Å²) in [5.74, 6) is 1.07. The Morgan fingerprint density at radius 1 is 1.37 bits per heavy atom. The highest BCUT2D eigenvalue weighted by atomic mass is 32.2. The predicted octanol–water partition coefficient (Wildman–Crippen LogP) is 3.56. The van der Waals surface area contributed by atoms with Gasteiger partial charge in [0, 0.05) is 29.9 Å². The standard InChI is InChI=1S/C16H23NOS/c1-13-10-17(12-16(19-2)8-5-9-16)11-14-6-3-4-7-15(14)18-13/h3-4,6-7,13H,5,8-12H2,1-2H3. The second kappa shape index (κ2) is 5.37. The summed E-state index contributed by atoms with van der Waals surface area (Å²) >= 11 is 2.06. The van der Waals surface area contributed by atoms with E-state index in [1.807, 2.05) is 0 Å². The minimum absolute atomic E-state index is 0.280. The van der Waals surface area contributed by atoms with Crippen LogP contribution in [-0.4, -0.2) is 35.1 Å². The molecule has 1 aliphatic carbocycles. The quantitative estimate of drug-likeness (QED) is 0.838. The topological polar surface area (TPSA) is 12.5 Å². The van der Waals surface area contributed by atoms with Crippen molar-refractivity contribution in [2.24, 2.45) is 0 Å². The lowest BCUT2D eigenvalue weighted by molar-refractivity contribution is 0.137. The van der Waals surface area contributed by atoms with Gasteiger partial charge in [-0.15, -0.1) is 0 Å². The molecule has 0 bridgehead atoms. The molecule has 0 saturated heterocycles. The van der Waals surface area contributed by atoms with Gasteiger partial charge in [-0.3, -0.25) is 4.90 Å². The van der Waals surface area contributed by atoms with E-state index in [0.717, 1.165) is 18.8 Å². The van der Waals surface area contributed by atoms with Crippen molar-refractivity contribution in [3.63, 3.8) is 0 Å². The average Bonchev–Trinajstić information content (AvgIpc) is 2.51. The zero-order chi connectivity index (χ0) is 13.3. The number of ether oxygens (including phenoxy) is 1. The summed E-state index contributed by atoms with van der Waals surface area (Å²) in [7, 11) is 0. The number of nitrogens with zero attached hydrogens (tertiary/aromatic N) is 1. The Labute approximate surface area is 120 Å². The Hall–Kier alpha value is -0.670. The van der Waals surface area contributed by atoms with E-state index in [2.05, 4.69) is 54.1 Å². The highest BCUT2D eigenvalue weighted by Gasteiger charge is 2.38. The molecule has 1 saturated carbocycles. The van der Waals surface area contributed by atoms with Crippen molar-refractivity contribution in [3.8, 4) is 5.75 Å². The lowest BCUT2D eigenvalue weighted by Crippen LogP contribution is -2.46. The van der Waals surface area contributed by atoms with Crippen LogP contribution in [0.5, 0.6) is 5.75 Å². The summed E-state index contributed by atoms with van der Waals surface area (Å²) in [5.41, 5.74) is 1.34. The first-order valence-corrected chi connectivity index (χ1v) is 8.45. The number of thioether (sulfide) groups is 1. The number of hydrogen-bond acceptors (Lipinski definition) is 3. The fourth-order valence-electron chi connectivity index (χ4n) is 3.20. The maximum atomic E-state index is 6.04. The average molecular weight is 277 g/mol. The molecule has 1 aliphatic heterocycles. The Morgan fingerprint density at radius 3 is 2.84 bits per heavy atom. The zero-order valence-electron chi connectivity index (χ0n) is 11.9. The van der Waals surface area contributed by atoms with E-state index in [-0.39, 0.29) is 6.10 Å². The van der Waals surface area contributed by atoms with Gasteiger partial charge in [-0.2, -0.15) is 11.8 Å². The molecule has 3 heteroatoms. The summed E-state index contributed by atoms with van der Waals surface area (Å²) in [6.07, 6.45) is 6.70. The third-order valence-electron chi connectivity index (χ3n) is 4.42. The first kappa shape index (κ1) is 13.3. The minimum Gasteiger partial charge on any atom is -0.489 e. The van der Waals surface area contributed by atoms with Gasteiger partial charge in [0.05, 0.1) is 0 Å². The van der Waals surface area contributed by atoms with Gasteiger partial charge in [-0.25, -0.2) is 0 Å². The first-order valence-electron chi connectivity index (χ1n) is 7.23. The number of hydrogen-bond donors (Lipinski definition) is 0. The molecule has 0 amide bonds. The van der Waals surface area contributed by atoms with Crippen LogP contribution >= 0.6 is 11.8 Å². The normalized spacial score (nSPS) is 25.9. The van der Waals surface area contributed by atoms with Crippen molar-refractivity contribution in [1.29, 1.82) is 0 Å². The van der Waals surface area contributed by atoms with Crippen molar-refractivity contribution in [2.75, 3.05) is 19.3 Å². The molecule has 2 nitrogen and oxygen atoms in total. The van der Waals surface area contributed by atoms with Crippen LogP contribution in [0.25, 0.3) is 0 Å². The van der Waals surface area contributed by atoms with Crippen LogP contribution < -0.4 is 4.74 Å². The van der Waals surface area contributed by atoms with Gasteiger partial charge in [0.2, 0.25) is 0 Å². The Bertz CT molecular complexity index is 439. The molecule has 0 radical (unpaired) electrons. The van der Waals surface area contributed by atoms with Gasteiger partial charge >= 0.3 is 0 Å². The second-order valence-corrected chi connectivity index (χ2v) is 7.22. The molecule has 1 unspecified atom stereocenters. The van der Waals surface area contributed by atoms with Crippen molar-refractivity contribution in [3.05, 3.63) is 29.8 Å². The van der Waals surface area contributed by atoms with E-state index in [1.165, 1.54) is 31.4 Å². The largest absolute Gasteiger partial charge is 0.489 e. The fraction of sp³-hybridized carbons (Fsp3) is 0.625. The molecule has 1 atom stereocenters. The maximum Gasteiger partial charge on any atom is 0.124 e. The van der Waals surface area contributed by atoms with Crippen LogP contribution in [-0.2, 0) is 6.54 Å². The van der Waals surface area contributed by atoms with Crippen LogP contribution in [0.15, 0.2) is 24.3 Å². The van der Waals surface area contributed by atoms with Crippen LogP contribution in [0, 0.1) is 0 Å². The van der Waals surface area contributed by atoms with Gasteiger partial charge in [0.15, 0.2) is 0 Å². The second-order valence-electron chi connectivity index (χ2n) is 5.95. The zero-order valence-corrected chi connectivity index (χ0v) is 12.7. The van der Waals surface area contributed by atoms with E-state index in [4.69, 9.17) is 4.74 Å². The van der Waals surface area contributed by atoms with Crippen LogP contribution in [0.2, 0.25) is 0 Å². The molecule has 1 fully saturated rings. The summed E-state index contributed by atoms with van der Waals surface area (Å²) in [6.45, 7) is 5.46. The summed E-state index contributed by atoms with van der Waals surface area (Å²) in [4.78, 5) is 2.59. The number of para-hydroxylation sites is 1. The van der Waals surface area contributed by atoms with Gasteiger partial charge in [0.1, 0.15) is 11.9 Å². The highest BCUT2D eigenvalue weighted by molar-refractivity contribution is 8.00. The molecule has 0 N–H and O–H groups in total. The molecule has 0 spiro atoms. The van der Waals surface area contributed by atoms with Crippen LogP contribution in [0.1, 0.15) is 31.7 Å². The Morgan fingerprint density at radius 2 is 2.16 bits per heavy atom. The van der Waals surface area contributed by atoms with Gasteiger partial charge in [0.25, 0.3) is 0 Å². The summed E-state index contributed by atoms with van der Waals surface area (Å²) in [5, 5.41) is 0. The Kier molecular flexibility index (Phi) is 3.77. The van der Waals surface area contributed by atoms with Crippen molar-refractivity contribution in [2.45, 2.75) is 43.6 Å². The molecule has 2 aliphatic rings. The monoisotopic (exact) mass is 277 g/mol. The summed E-state index contributed by atoms with van der Waals surface area (Å²) in [6, 6.07) is 8.48. The molecular formula is C16H23NOS. The van der Waals surface area contributed by atoms with Crippen LogP contribution in [0.4, 0.5) is 0 Å². The molecule has 3 rings (SSSR count). The van der Waals surface area contributed by atoms with Crippen LogP contribution in [0.3, 0.4) is 0 Å². The maximum absolute atomic E-state index is 6.04.